The van der Waals surface area contributed by atoms with Crippen LogP contribution in [-0.2, 0) is 35.0 Å². The topological polar surface area (TPSA) is 116 Å². The second-order valence-electron chi connectivity index (χ2n) is 12.8. The third-order valence-electron chi connectivity index (χ3n) is 10.6. The molecule has 3 fully saturated rings. The molecular formula is C34H42O8. The molecule has 0 bridgehead atoms. The zero-order valence-corrected chi connectivity index (χ0v) is 24.8. The molecular weight excluding hydrogens is 536 g/mol. The van der Waals surface area contributed by atoms with Gasteiger partial charge in [0, 0.05) is 23.2 Å². The third kappa shape index (κ3) is 5.23. The number of esters is 1. The summed E-state index contributed by atoms with van der Waals surface area (Å²) in [6.07, 6.45) is 7.34. The number of hydrogen-bond acceptors (Lipinski definition) is 8. The van der Waals surface area contributed by atoms with Crippen molar-refractivity contribution in [2.45, 2.75) is 83.8 Å². The number of aryl methyl sites for hydroxylation is 1. The van der Waals surface area contributed by atoms with Crippen molar-refractivity contribution in [2.24, 2.45) is 28.6 Å². The van der Waals surface area contributed by atoms with Gasteiger partial charge in [-0.3, -0.25) is 14.4 Å². The first-order valence-corrected chi connectivity index (χ1v) is 15.2. The van der Waals surface area contributed by atoms with E-state index in [0.717, 1.165) is 24.0 Å². The van der Waals surface area contributed by atoms with E-state index in [4.69, 9.17) is 14.2 Å². The van der Waals surface area contributed by atoms with Gasteiger partial charge in [-0.25, -0.2) is 4.79 Å². The average molecular weight is 579 g/mol. The van der Waals surface area contributed by atoms with E-state index in [1.54, 1.807) is 12.2 Å². The number of allylic oxidation sites excluding steroid dienone is 4. The molecule has 1 aromatic rings. The molecule has 0 radical (unpaired) electrons. The standard InChI is InChI=1S/C34H42O8/c1-4-18-40-31(39)42-34(28(37)21-41-29(38)13-10-22-8-6-5-7-9-22)17-15-26-25-12-11-23-19-24(35)14-16-32(23,2)30(25)27(36)20-33(26,34)3/h5-9,14,16,19,25-27,30,36H,4,10-13,15,17-18,20-21H2,1-3H3/t25-,26-,27?,30+,32-,33-,34-/m0/s1. The van der Waals surface area contributed by atoms with Crippen LogP contribution < -0.4 is 0 Å². The maximum absolute atomic E-state index is 14.1. The summed E-state index contributed by atoms with van der Waals surface area (Å²) in [4.78, 5) is 51.7. The molecule has 226 valence electrons. The first-order valence-electron chi connectivity index (χ1n) is 15.2. The summed E-state index contributed by atoms with van der Waals surface area (Å²) >= 11 is 0. The Hall–Kier alpha value is -3.26. The van der Waals surface area contributed by atoms with Crippen molar-refractivity contribution < 1.29 is 38.5 Å². The van der Waals surface area contributed by atoms with Crippen LogP contribution in [0.3, 0.4) is 0 Å². The number of ketones is 2. The lowest BCUT2D eigenvalue weighted by atomic mass is 9.46. The number of fused-ring (bicyclic) bond motifs is 5. The minimum Gasteiger partial charge on any atom is -0.457 e. The van der Waals surface area contributed by atoms with Crippen molar-refractivity contribution in [1.29, 1.82) is 0 Å². The molecule has 7 atom stereocenters. The predicted octanol–water partition coefficient (Wildman–Crippen LogP) is 5.31. The van der Waals surface area contributed by atoms with Gasteiger partial charge in [-0.2, -0.15) is 0 Å². The Labute approximate surface area is 247 Å². The number of hydrogen-bond donors (Lipinski definition) is 1. The summed E-state index contributed by atoms with van der Waals surface area (Å²) < 4.78 is 16.7. The SMILES string of the molecule is CCCOC(=O)O[C@]1(C(=O)COC(=O)CCc2ccccc2)CC[C@H]2[C@@H]3CCC4=CC(=O)C=C[C@]4(C)[C@H]3C(O)C[C@@]21C. The van der Waals surface area contributed by atoms with Gasteiger partial charge in [0.15, 0.2) is 18.0 Å². The first-order chi connectivity index (χ1) is 20.0. The molecule has 1 aromatic carbocycles. The van der Waals surface area contributed by atoms with E-state index in [9.17, 15) is 24.3 Å². The van der Waals surface area contributed by atoms with Crippen LogP contribution >= 0.6 is 0 Å². The van der Waals surface area contributed by atoms with Crippen molar-refractivity contribution in [3.05, 3.63) is 59.7 Å². The predicted molar refractivity (Wildman–Crippen MR) is 154 cm³/mol. The molecule has 0 saturated heterocycles. The summed E-state index contributed by atoms with van der Waals surface area (Å²) in [5, 5.41) is 11.8. The van der Waals surface area contributed by atoms with Crippen molar-refractivity contribution in [1.82, 2.24) is 0 Å². The quantitative estimate of drug-likeness (QED) is 0.392. The molecule has 4 aliphatic rings. The Kier molecular flexibility index (Phi) is 8.48. The number of carbonyl (C=O) groups excluding carboxylic acids is 4. The van der Waals surface area contributed by atoms with E-state index < -0.39 is 47.0 Å². The normalized spacial score (nSPS) is 34.9. The van der Waals surface area contributed by atoms with Gasteiger partial charge in [-0.1, -0.05) is 62.8 Å². The number of Topliss-reactive ketones (excluding diaryl/α,β-unsaturated/α-hetero) is 1. The summed E-state index contributed by atoms with van der Waals surface area (Å²) in [6, 6.07) is 9.56. The van der Waals surface area contributed by atoms with Crippen molar-refractivity contribution in [3.63, 3.8) is 0 Å². The van der Waals surface area contributed by atoms with Crippen molar-refractivity contribution in [3.8, 4) is 0 Å². The molecule has 0 heterocycles. The highest BCUT2D eigenvalue weighted by Crippen LogP contribution is 2.68. The minimum atomic E-state index is -1.59. The molecule has 0 spiro atoms. The van der Waals surface area contributed by atoms with Crippen LogP contribution in [0.15, 0.2) is 54.1 Å². The average Bonchev–Trinajstić information content (AvgIpc) is 3.26. The number of rotatable bonds is 9. The molecule has 1 N–H and O–H groups in total. The first kappa shape index (κ1) is 30.2. The fourth-order valence-corrected chi connectivity index (χ4v) is 8.58. The monoisotopic (exact) mass is 578 g/mol. The number of aliphatic hydroxyl groups excluding tert-OH is 1. The van der Waals surface area contributed by atoms with Crippen molar-refractivity contribution >= 4 is 23.7 Å². The maximum Gasteiger partial charge on any atom is 0.509 e. The molecule has 42 heavy (non-hydrogen) atoms. The molecule has 5 rings (SSSR count). The molecule has 0 aliphatic heterocycles. The van der Waals surface area contributed by atoms with E-state index in [1.807, 2.05) is 50.3 Å². The van der Waals surface area contributed by atoms with Crippen LogP contribution in [0.5, 0.6) is 0 Å². The summed E-state index contributed by atoms with van der Waals surface area (Å²) in [7, 11) is 0. The van der Waals surface area contributed by atoms with E-state index in [-0.39, 0.29) is 49.4 Å². The van der Waals surface area contributed by atoms with Gasteiger partial charge in [-0.15, -0.1) is 0 Å². The molecule has 8 heteroatoms. The number of aliphatic hydroxyl groups is 1. The molecule has 3 saturated carbocycles. The fraction of sp³-hybridized carbons (Fsp3) is 0.588. The largest absolute Gasteiger partial charge is 0.509 e. The Bertz CT molecular complexity index is 1280. The van der Waals surface area contributed by atoms with E-state index in [1.165, 1.54) is 0 Å². The van der Waals surface area contributed by atoms with E-state index in [0.29, 0.717) is 19.3 Å². The highest BCUT2D eigenvalue weighted by Gasteiger charge is 2.70. The van der Waals surface area contributed by atoms with Gasteiger partial charge in [0.2, 0.25) is 5.78 Å². The maximum atomic E-state index is 14.1. The lowest BCUT2D eigenvalue weighted by Gasteiger charge is -2.59. The smallest absolute Gasteiger partial charge is 0.457 e. The number of benzene rings is 1. The van der Waals surface area contributed by atoms with Gasteiger partial charge in [-0.05, 0) is 74.5 Å². The zero-order chi connectivity index (χ0) is 30.1. The molecule has 4 aliphatic carbocycles. The van der Waals surface area contributed by atoms with Crippen LogP contribution in [-0.4, -0.2) is 53.7 Å². The lowest BCUT2D eigenvalue weighted by molar-refractivity contribution is -0.185. The Balaban J connectivity index is 1.38. The Morgan fingerprint density at radius 2 is 1.83 bits per heavy atom. The van der Waals surface area contributed by atoms with Crippen molar-refractivity contribution in [2.75, 3.05) is 13.2 Å². The summed E-state index contributed by atoms with van der Waals surface area (Å²) in [6.45, 7) is 5.53. The van der Waals surface area contributed by atoms with Crippen LogP contribution in [0.25, 0.3) is 0 Å². The minimum absolute atomic E-state index is 0.0213. The summed E-state index contributed by atoms with van der Waals surface area (Å²) in [5.74, 6) is -1.11. The summed E-state index contributed by atoms with van der Waals surface area (Å²) in [5.41, 5.74) is -0.905. The Morgan fingerprint density at radius 1 is 1.07 bits per heavy atom. The highest BCUT2D eigenvalue weighted by molar-refractivity contribution is 6.01. The van der Waals surface area contributed by atoms with Crippen LogP contribution in [0, 0.1) is 28.6 Å². The highest BCUT2D eigenvalue weighted by atomic mass is 16.7. The van der Waals surface area contributed by atoms with Crippen LogP contribution in [0.1, 0.15) is 71.3 Å². The van der Waals surface area contributed by atoms with Gasteiger partial charge >= 0.3 is 12.1 Å². The molecule has 1 unspecified atom stereocenters. The van der Waals surface area contributed by atoms with E-state index in [2.05, 4.69) is 6.92 Å². The second-order valence-corrected chi connectivity index (χ2v) is 12.8. The third-order valence-corrected chi connectivity index (χ3v) is 10.6. The lowest BCUT2D eigenvalue weighted by Crippen LogP contribution is -2.63. The van der Waals surface area contributed by atoms with E-state index >= 15 is 0 Å². The molecule has 0 aromatic heterocycles. The molecule has 0 amide bonds. The number of ether oxygens (including phenoxy) is 3. The van der Waals surface area contributed by atoms with Gasteiger partial charge in [0.05, 0.1) is 12.7 Å². The van der Waals surface area contributed by atoms with Gasteiger partial charge in [0.1, 0.15) is 0 Å². The Morgan fingerprint density at radius 3 is 2.57 bits per heavy atom. The van der Waals surface area contributed by atoms with Crippen LogP contribution in [0.2, 0.25) is 0 Å². The van der Waals surface area contributed by atoms with Gasteiger partial charge in [0.25, 0.3) is 0 Å². The zero-order valence-electron chi connectivity index (χ0n) is 24.8. The molecule has 8 nitrogen and oxygen atoms in total. The fourth-order valence-electron chi connectivity index (χ4n) is 8.58. The second kappa shape index (κ2) is 11.8. The van der Waals surface area contributed by atoms with Gasteiger partial charge < -0.3 is 19.3 Å². The number of carbonyl (C=O) groups is 4. The van der Waals surface area contributed by atoms with Crippen LogP contribution in [0.4, 0.5) is 4.79 Å².